The Bertz CT molecular complexity index is 3510. The van der Waals surface area contributed by atoms with Gasteiger partial charge in [0.25, 0.3) is 0 Å². The van der Waals surface area contributed by atoms with Gasteiger partial charge in [0.15, 0.2) is 0 Å². The second-order valence-corrected chi connectivity index (χ2v) is 17.2. The molecule has 59 heavy (non-hydrogen) atoms. The van der Waals surface area contributed by atoms with E-state index in [-0.39, 0.29) is 5.41 Å². The second-order valence-electron chi connectivity index (χ2n) is 16.1. The lowest BCUT2D eigenvalue weighted by Gasteiger charge is -2.23. The van der Waals surface area contributed by atoms with Crippen LogP contribution in [0.15, 0.2) is 200 Å². The summed E-state index contributed by atoms with van der Waals surface area (Å²) < 4.78 is 9.23. The Morgan fingerprint density at radius 3 is 1.90 bits per heavy atom. The number of hydrogen-bond donors (Lipinski definition) is 0. The molecule has 0 fully saturated rings. The zero-order valence-electron chi connectivity index (χ0n) is 33.1. The maximum Gasteiger partial charge on any atom is 0.143 e. The van der Waals surface area contributed by atoms with Gasteiger partial charge >= 0.3 is 0 Å². The average molecular weight is 773 g/mol. The largest absolute Gasteiger partial charge is 0.455 e. The Morgan fingerprint density at radius 2 is 1.14 bits per heavy atom. The van der Waals surface area contributed by atoms with Crippen molar-refractivity contribution < 1.29 is 4.42 Å². The highest BCUT2D eigenvalue weighted by molar-refractivity contribution is 7.25. The third kappa shape index (κ3) is 5.52. The van der Waals surface area contributed by atoms with Crippen LogP contribution in [-0.2, 0) is 5.41 Å². The van der Waals surface area contributed by atoms with Crippen LogP contribution in [0.25, 0.3) is 103 Å². The van der Waals surface area contributed by atoms with Crippen molar-refractivity contribution in [3.63, 3.8) is 0 Å². The van der Waals surface area contributed by atoms with Gasteiger partial charge in [0.2, 0.25) is 0 Å². The lowest BCUT2D eigenvalue weighted by atomic mass is 9.80. The minimum absolute atomic E-state index is 0.237. The fourth-order valence-electron chi connectivity index (χ4n) is 9.49. The summed E-state index contributed by atoms with van der Waals surface area (Å²) in [5, 5.41) is 9.57. The van der Waals surface area contributed by atoms with Gasteiger partial charge < -0.3 is 4.42 Å². The number of rotatable bonds is 5. The lowest BCUT2D eigenvalue weighted by molar-refractivity contribution is 0.661. The predicted molar refractivity (Wildman–Crippen MR) is 256 cm³/mol. The predicted octanol–water partition coefficient (Wildman–Crippen LogP) is 16.8. The Morgan fingerprint density at radius 1 is 0.508 bits per heavy atom. The van der Waals surface area contributed by atoms with E-state index in [0.717, 1.165) is 43.8 Å². The molecule has 0 atom stereocenters. The van der Waals surface area contributed by atoms with Gasteiger partial charge in [-0.05, 0) is 114 Å². The molecular formula is C57H40OS. The molecule has 2 heteroatoms. The van der Waals surface area contributed by atoms with Crippen molar-refractivity contribution in [3.05, 3.63) is 212 Å². The molecule has 0 N–H and O–H groups in total. The molecule has 0 aliphatic heterocycles. The van der Waals surface area contributed by atoms with Gasteiger partial charge in [-0.25, -0.2) is 0 Å². The van der Waals surface area contributed by atoms with Crippen LogP contribution >= 0.6 is 11.3 Å². The van der Waals surface area contributed by atoms with Gasteiger partial charge in [0.05, 0.1) is 0 Å². The van der Waals surface area contributed by atoms with E-state index in [2.05, 4.69) is 191 Å². The fourth-order valence-corrected chi connectivity index (χ4v) is 10.6. The molecule has 0 amide bonds. The zero-order valence-corrected chi connectivity index (χ0v) is 33.9. The number of fused-ring (bicyclic) bond motifs is 12. The molecule has 2 aromatic heterocycles. The minimum Gasteiger partial charge on any atom is -0.455 e. The number of thiophene rings is 1. The quantitative estimate of drug-likeness (QED) is 0.159. The fraction of sp³-hybridized carbons (Fsp3) is 0.0526. The van der Waals surface area contributed by atoms with E-state index in [1.807, 2.05) is 23.5 Å². The van der Waals surface area contributed by atoms with Gasteiger partial charge in [-0.3, -0.25) is 0 Å². The van der Waals surface area contributed by atoms with Crippen molar-refractivity contribution in [2.24, 2.45) is 0 Å². The molecule has 2 heterocycles. The summed E-state index contributed by atoms with van der Waals surface area (Å²) in [5.41, 5.74) is 13.7. The van der Waals surface area contributed by atoms with Gasteiger partial charge in [-0.15, -0.1) is 11.3 Å². The molecule has 0 unspecified atom stereocenters. The highest BCUT2D eigenvalue weighted by Gasteiger charge is 2.36. The van der Waals surface area contributed by atoms with Crippen LogP contribution in [0.5, 0.6) is 0 Å². The summed E-state index contributed by atoms with van der Waals surface area (Å²) >= 11 is 1.85. The Hall–Kier alpha value is -7.00. The van der Waals surface area contributed by atoms with Gasteiger partial charge in [0, 0.05) is 41.7 Å². The first-order valence-electron chi connectivity index (χ1n) is 20.2. The smallest absolute Gasteiger partial charge is 0.143 e. The van der Waals surface area contributed by atoms with Gasteiger partial charge in [-0.2, -0.15) is 0 Å². The molecule has 0 saturated heterocycles. The van der Waals surface area contributed by atoms with Crippen molar-refractivity contribution in [1.29, 1.82) is 0 Å². The standard InChI is InChI=1S/C57H40OS/c1-5-6-17-35(2)38-18-9-7-8-10-19-39(41-21-12-11-20-40(38)41)36-26-28-42-43-29-27-37(31-52(43)57(3,4)51(42)30-36)46-32-49-44-22-13-15-24-53(44)58-56(49)50-34-55-48(33-47(46)50)45-23-14-16-25-54(45)59-55/h5-34H,1-2H2,3-4H3/b8-7?,9-7?,10-8?,17-6-,18-9?,19-10?,38-18?,39-19?,40-38?,41-39?. The highest BCUT2D eigenvalue weighted by Crippen LogP contribution is 2.52. The molecule has 11 rings (SSSR count). The first-order valence-corrected chi connectivity index (χ1v) is 21.0. The summed E-state index contributed by atoms with van der Waals surface area (Å²) in [5.74, 6) is 0. The summed E-state index contributed by atoms with van der Waals surface area (Å²) in [6, 6.07) is 60.0. The van der Waals surface area contributed by atoms with Crippen molar-refractivity contribution in [2.45, 2.75) is 19.3 Å². The third-order valence-electron chi connectivity index (χ3n) is 12.4. The van der Waals surface area contributed by atoms with E-state index >= 15 is 0 Å². The van der Waals surface area contributed by atoms with E-state index in [1.54, 1.807) is 6.08 Å². The molecule has 10 aromatic rings. The van der Waals surface area contributed by atoms with Gasteiger partial charge in [-0.1, -0.05) is 167 Å². The van der Waals surface area contributed by atoms with Crippen molar-refractivity contribution in [2.75, 3.05) is 0 Å². The summed E-state index contributed by atoms with van der Waals surface area (Å²) in [7, 11) is 0. The molecule has 0 bridgehead atoms. The molecule has 280 valence electrons. The summed E-state index contributed by atoms with van der Waals surface area (Å²) in [6.07, 6.45) is 5.77. The Balaban J connectivity index is 1.10. The highest BCUT2D eigenvalue weighted by atomic mass is 32.1. The SMILES string of the molecule is C=C/C=C\C(=C)c1ccccccc(-c2ccc3c(c2)C(C)(C)c2cc(-c4cc5c6ccccc6oc5c5cc6sc7ccccc7c6cc45)ccc2-3)c2ccccc12. The summed E-state index contributed by atoms with van der Waals surface area (Å²) in [6.45, 7) is 13.1. The monoisotopic (exact) mass is 772 g/mol. The van der Waals surface area contributed by atoms with Crippen molar-refractivity contribution in [3.8, 4) is 33.4 Å². The number of hydrogen-bond acceptors (Lipinski definition) is 2. The number of furan rings is 1. The minimum atomic E-state index is -0.237. The van der Waals surface area contributed by atoms with E-state index in [0.29, 0.717) is 0 Å². The van der Waals surface area contributed by atoms with Crippen LogP contribution in [0.2, 0.25) is 0 Å². The summed E-state index contributed by atoms with van der Waals surface area (Å²) in [4.78, 5) is 0. The van der Waals surface area contributed by atoms with Crippen molar-refractivity contribution >= 4 is 80.6 Å². The van der Waals surface area contributed by atoms with E-state index in [1.165, 1.54) is 75.5 Å². The Labute approximate surface area is 347 Å². The molecule has 1 aliphatic rings. The van der Waals surface area contributed by atoms with Crippen LogP contribution in [0.4, 0.5) is 0 Å². The molecule has 0 saturated carbocycles. The van der Waals surface area contributed by atoms with Crippen LogP contribution in [0.3, 0.4) is 0 Å². The molecule has 0 spiro atoms. The maximum absolute atomic E-state index is 6.65. The lowest BCUT2D eigenvalue weighted by Crippen LogP contribution is -2.15. The zero-order chi connectivity index (χ0) is 39.8. The molecule has 8 aromatic carbocycles. The molecular weight excluding hydrogens is 733 g/mol. The number of benzene rings is 7. The molecule has 1 aliphatic carbocycles. The first-order chi connectivity index (χ1) is 28.9. The topological polar surface area (TPSA) is 13.1 Å². The van der Waals surface area contributed by atoms with Crippen LogP contribution < -0.4 is 0 Å². The van der Waals surface area contributed by atoms with E-state index < -0.39 is 0 Å². The van der Waals surface area contributed by atoms with Crippen LogP contribution in [0.1, 0.15) is 30.5 Å². The van der Waals surface area contributed by atoms with E-state index in [9.17, 15) is 0 Å². The van der Waals surface area contributed by atoms with Crippen molar-refractivity contribution in [1.82, 2.24) is 0 Å². The number of para-hydroxylation sites is 1. The maximum atomic E-state index is 6.65. The van der Waals surface area contributed by atoms with Crippen LogP contribution in [0, 0.1) is 0 Å². The first kappa shape index (κ1) is 35.2. The van der Waals surface area contributed by atoms with Gasteiger partial charge in [0.1, 0.15) is 11.2 Å². The average Bonchev–Trinajstić information content (AvgIpc) is 3.90. The Kier molecular flexibility index (Phi) is 8.08. The van der Waals surface area contributed by atoms with Crippen LogP contribution in [-0.4, -0.2) is 0 Å². The molecule has 0 radical (unpaired) electrons. The molecule has 1 nitrogen and oxygen atoms in total. The second kappa shape index (κ2) is 13.6. The van der Waals surface area contributed by atoms with E-state index in [4.69, 9.17) is 4.42 Å². The number of allylic oxidation sites excluding steroid dienone is 4. The normalized spacial score (nSPS) is 13.1. The third-order valence-corrected chi connectivity index (χ3v) is 13.6.